The summed E-state index contributed by atoms with van der Waals surface area (Å²) in [5.74, 6) is -0.118. The third-order valence-corrected chi connectivity index (χ3v) is 5.04. The van der Waals surface area contributed by atoms with Gasteiger partial charge in [-0.2, -0.15) is 0 Å². The molecule has 1 N–H and O–H groups in total. The number of nitrogens with zero attached hydrogens (tertiary/aromatic N) is 1. The van der Waals surface area contributed by atoms with E-state index in [4.69, 9.17) is 0 Å². The number of hydrogen-bond donors (Lipinski definition) is 1. The average molecular weight is 350 g/mol. The van der Waals surface area contributed by atoms with E-state index in [9.17, 15) is 9.59 Å². The Morgan fingerprint density at radius 3 is 2.12 bits per heavy atom. The van der Waals surface area contributed by atoms with Crippen LogP contribution < -0.4 is 5.32 Å². The predicted molar refractivity (Wildman–Crippen MR) is 104 cm³/mol. The van der Waals surface area contributed by atoms with E-state index in [1.807, 2.05) is 12.1 Å². The summed E-state index contributed by atoms with van der Waals surface area (Å²) in [6.07, 6.45) is 1.09. The molecule has 1 aliphatic rings. The van der Waals surface area contributed by atoms with E-state index in [0.29, 0.717) is 28.8 Å². The molecule has 0 radical (unpaired) electrons. The Bertz CT molecular complexity index is 810. The van der Waals surface area contributed by atoms with Crippen LogP contribution in [0.4, 0.5) is 0 Å². The van der Waals surface area contributed by atoms with Crippen LogP contribution in [0.3, 0.4) is 0 Å². The van der Waals surface area contributed by atoms with Crippen molar-refractivity contribution >= 4 is 11.6 Å². The standard InChI is InChI=1S/C22H26N2O2/c1-3-24(4-2)13-7-12-23-15-16-10-11-19-20(14-16)22(26)18-9-6-5-8-17(18)21(19)25/h5-6,8-11,14,23H,3-4,7,12-13,15H2,1-2H3. The summed E-state index contributed by atoms with van der Waals surface area (Å²) in [5.41, 5.74) is 3.09. The lowest BCUT2D eigenvalue weighted by molar-refractivity contribution is 0.0979. The van der Waals surface area contributed by atoms with Crippen molar-refractivity contribution in [2.75, 3.05) is 26.2 Å². The van der Waals surface area contributed by atoms with Gasteiger partial charge in [0.25, 0.3) is 0 Å². The van der Waals surface area contributed by atoms with Crippen molar-refractivity contribution in [3.05, 3.63) is 70.3 Å². The van der Waals surface area contributed by atoms with E-state index in [2.05, 4.69) is 24.1 Å². The largest absolute Gasteiger partial charge is 0.313 e. The molecule has 0 saturated heterocycles. The van der Waals surface area contributed by atoms with Crippen molar-refractivity contribution in [2.24, 2.45) is 0 Å². The zero-order chi connectivity index (χ0) is 18.5. The Morgan fingerprint density at radius 1 is 0.846 bits per heavy atom. The van der Waals surface area contributed by atoms with Gasteiger partial charge < -0.3 is 10.2 Å². The van der Waals surface area contributed by atoms with Crippen LogP contribution in [0.25, 0.3) is 0 Å². The molecular weight excluding hydrogens is 324 g/mol. The van der Waals surface area contributed by atoms with Crippen LogP contribution in [0.15, 0.2) is 42.5 Å². The van der Waals surface area contributed by atoms with Gasteiger partial charge in [-0.25, -0.2) is 0 Å². The lowest BCUT2D eigenvalue weighted by Gasteiger charge is -2.19. The van der Waals surface area contributed by atoms with Gasteiger partial charge in [0.15, 0.2) is 11.6 Å². The summed E-state index contributed by atoms with van der Waals surface area (Å²) < 4.78 is 0. The molecule has 1 aliphatic carbocycles. The molecule has 0 heterocycles. The minimum Gasteiger partial charge on any atom is -0.313 e. The molecule has 0 aliphatic heterocycles. The second-order valence-corrected chi connectivity index (χ2v) is 6.64. The van der Waals surface area contributed by atoms with Crippen molar-refractivity contribution in [3.63, 3.8) is 0 Å². The van der Waals surface area contributed by atoms with Crippen LogP contribution in [0.1, 0.15) is 57.7 Å². The molecule has 0 saturated carbocycles. The predicted octanol–water partition coefficient (Wildman–Crippen LogP) is 3.28. The number of rotatable bonds is 8. The maximum atomic E-state index is 12.7. The van der Waals surface area contributed by atoms with Gasteiger partial charge in [-0.05, 0) is 50.3 Å². The highest BCUT2D eigenvalue weighted by Gasteiger charge is 2.29. The second kappa shape index (κ2) is 8.39. The van der Waals surface area contributed by atoms with E-state index in [0.717, 1.165) is 38.2 Å². The number of hydrogen-bond acceptors (Lipinski definition) is 4. The summed E-state index contributed by atoms with van der Waals surface area (Å²) in [6, 6.07) is 12.7. The minimum atomic E-state index is -0.0612. The smallest absolute Gasteiger partial charge is 0.194 e. The molecule has 4 heteroatoms. The number of nitrogens with one attached hydrogen (secondary N) is 1. The number of fused-ring (bicyclic) bond motifs is 2. The third kappa shape index (κ3) is 3.76. The molecule has 0 unspecified atom stereocenters. The van der Waals surface area contributed by atoms with E-state index < -0.39 is 0 Å². The summed E-state index contributed by atoms with van der Waals surface area (Å²) in [4.78, 5) is 27.8. The molecule has 0 aromatic heterocycles. The first-order valence-corrected chi connectivity index (χ1v) is 9.40. The van der Waals surface area contributed by atoms with Crippen molar-refractivity contribution < 1.29 is 9.59 Å². The Morgan fingerprint density at radius 2 is 1.46 bits per heavy atom. The summed E-state index contributed by atoms with van der Waals surface area (Å²) in [7, 11) is 0. The van der Waals surface area contributed by atoms with Gasteiger partial charge in [-0.15, -0.1) is 0 Å². The number of ketones is 2. The van der Waals surface area contributed by atoms with E-state index in [1.54, 1.807) is 30.3 Å². The van der Waals surface area contributed by atoms with Crippen LogP contribution in [0.5, 0.6) is 0 Å². The molecule has 136 valence electrons. The zero-order valence-corrected chi connectivity index (χ0v) is 15.5. The van der Waals surface area contributed by atoms with Gasteiger partial charge >= 0.3 is 0 Å². The minimum absolute atomic E-state index is 0.0569. The SMILES string of the molecule is CCN(CC)CCCNCc1ccc2c(c1)C(=O)c1ccccc1C2=O. The zero-order valence-electron chi connectivity index (χ0n) is 15.5. The van der Waals surface area contributed by atoms with Crippen molar-refractivity contribution in [2.45, 2.75) is 26.8 Å². The van der Waals surface area contributed by atoms with E-state index in [-0.39, 0.29) is 11.6 Å². The highest BCUT2D eigenvalue weighted by atomic mass is 16.1. The van der Waals surface area contributed by atoms with Gasteiger partial charge in [-0.1, -0.05) is 44.2 Å². The van der Waals surface area contributed by atoms with Gasteiger partial charge in [0.05, 0.1) is 0 Å². The van der Waals surface area contributed by atoms with Gasteiger partial charge in [0, 0.05) is 28.8 Å². The first kappa shape index (κ1) is 18.5. The molecule has 2 aromatic rings. The Kier molecular flexibility index (Phi) is 5.96. The summed E-state index contributed by atoms with van der Waals surface area (Å²) in [6.45, 7) is 9.25. The maximum absolute atomic E-state index is 12.7. The number of carbonyl (C=O) groups excluding carboxylic acids is 2. The molecule has 0 spiro atoms. The Labute approximate surface area is 155 Å². The van der Waals surface area contributed by atoms with Crippen LogP contribution >= 0.6 is 0 Å². The molecule has 0 bridgehead atoms. The fraction of sp³-hybridized carbons (Fsp3) is 0.364. The molecule has 3 rings (SSSR count). The quantitative estimate of drug-likeness (QED) is 0.634. The molecular formula is C22H26N2O2. The normalized spacial score (nSPS) is 13.0. The Balaban J connectivity index is 1.64. The van der Waals surface area contributed by atoms with Gasteiger partial charge in [0.2, 0.25) is 0 Å². The number of benzene rings is 2. The highest BCUT2D eigenvalue weighted by Crippen LogP contribution is 2.27. The van der Waals surface area contributed by atoms with Crippen molar-refractivity contribution in [1.29, 1.82) is 0 Å². The summed E-state index contributed by atoms with van der Waals surface area (Å²) in [5, 5.41) is 3.43. The first-order chi connectivity index (χ1) is 12.7. The maximum Gasteiger partial charge on any atom is 0.194 e. The highest BCUT2D eigenvalue weighted by molar-refractivity contribution is 6.28. The van der Waals surface area contributed by atoms with Crippen LogP contribution in [-0.4, -0.2) is 42.6 Å². The van der Waals surface area contributed by atoms with E-state index in [1.165, 1.54) is 0 Å². The molecule has 0 amide bonds. The summed E-state index contributed by atoms with van der Waals surface area (Å²) >= 11 is 0. The molecule has 4 nitrogen and oxygen atoms in total. The second-order valence-electron chi connectivity index (χ2n) is 6.64. The average Bonchev–Trinajstić information content (AvgIpc) is 2.69. The third-order valence-electron chi connectivity index (χ3n) is 5.04. The van der Waals surface area contributed by atoms with Crippen LogP contribution in [0, 0.1) is 0 Å². The van der Waals surface area contributed by atoms with E-state index >= 15 is 0 Å². The lowest BCUT2D eigenvalue weighted by Crippen LogP contribution is -2.27. The molecule has 0 fully saturated rings. The fourth-order valence-electron chi connectivity index (χ4n) is 3.46. The van der Waals surface area contributed by atoms with Crippen LogP contribution in [0.2, 0.25) is 0 Å². The van der Waals surface area contributed by atoms with Crippen molar-refractivity contribution in [1.82, 2.24) is 10.2 Å². The van der Waals surface area contributed by atoms with Crippen molar-refractivity contribution in [3.8, 4) is 0 Å². The fourth-order valence-corrected chi connectivity index (χ4v) is 3.46. The Hall–Kier alpha value is -2.30. The molecule has 2 aromatic carbocycles. The molecule has 26 heavy (non-hydrogen) atoms. The molecule has 0 atom stereocenters. The lowest BCUT2D eigenvalue weighted by atomic mass is 9.83. The van der Waals surface area contributed by atoms with Gasteiger partial charge in [0.1, 0.15) is 0 Å². The first-order valence-electron chi connectivity index (χ1n) is 9.40. The van der Waals surface area contributed by atoms with Crippen LogP contribution in [-0.2, 0) is 6.54 Å². The topological polar surface area (TPSA) is 49.4 Å². The monoisotopic (exact) mass is 350 g/mol. The van der Waals surface area contributed by atoms with Gasteiger partial charge in [-0.3, -0.25) is 9.59 Å². The number of carbonyl (C=O) groups is 2.